The quantitative estimate of drug-likeness (QED) is 0.503. The van der Waals surface area contributed by atoms with Gasteiger partial charge in [-0.15, -0.1) is 0 Å². The molecule has 2 amide bonds. The average Bonchev–Trinajstić information content (AvgIpc) is 3.26. The molecule has 3 atom stereocenters. The zero-order valence-electron chi connectivity index (χ0n) is 17.5. The molecule has 1 saturated heterocycles. The van der Waals surface area contributed by atoms with Crippen LogP contribution >= 0.6 is 0 Å². The Hall–Kier alpha value is -3.10. The summed E-state index contributed by atoms with van der Waals surface area (Å²) in [6, 6.07) is 7.45. The number of carbonyl (C=O) groups excluding carboxylic acids is 4. The lowest BCUT2D eigenvalue weighted by atomic mass is 10.0. The molecule has 1 fully saturated rings. The topological polar surface area (TPSA) is 111 Å². The maximum atomic E-state index is 12.8. The van der Waals surface area contributed by atoms with Gasteiger partial charge in [0.15, 0.2) is 0 Å². The van der Waals surface area contributed by atoms with Gasteiger partial charge in [-0.05, 0) is 24.8 Å². The Kier molecular flexibility index (Phi) is 8.64. The Morgan fingerprint density at radius 3 is 2.40 bits per heavy atom. The number of likely N-dealkylation sites (tertiary alicyclic amines) is 1. The number of methoxy groups -OCH3 is 2. The number of rotatable bonds is 8. The lowest BCUT2D eigenvalue weighted by Gasteiger charge is -2.26. The van der Waals surface area contributed by atoms with Crippen LogP contribution in [0.2, 0.25) is 0 Å². The predicted octanol–water partition coefficient (Wildman–Crippen LogP) is 1.64. The number of carbonyl (C=O) groups is 4. The molecule has 9 heteroatoms. The second kappa shape index (κ2) is 11.2. The van der Waals surface area contributed by atoms with Crippen LogP contribution in [0.15, 0.2) is 30.3 Å². The van der Waals surface area contributed by atoms with E-state index in [1.165, 1.54) is 19.1 Å². The zero-order valence-corrected chi connectivity index (χ0v) is 17.5. The molecule has 1 aromatic rings. The van der Waals surface area contributed by atoms with Gasteiger partial charge < -0.3 is 19.5 Å². The minimum Gasteiger partial charge on any atom is -0.469 e. The summed E-state index contributed by atoms with van der Waals surface area (Å²) in [4.78, 5) is 50.4. The van der Waals surface area contributed by atoms with Crippen LogP contribution in [0, 0.1) is 5.92 Å². The lowest BCUT2D eigenvalue weighted by Crippen LogP contribution is -2.51. The van der Waals surface area contributed by atoms with Crippen LogP contribution < -0.4 is 5.32 Å². The summed E-state index contributed by atoms with van der Waals surface area (Å²) in [5.41, 5.74) is 0.841. The van der Waals surface area contributed by atoms with E-state index in [1.54, 1.807) is 6.92 Å². The van der Waals surface area contributed by atoms with Gasteiger partial charge >= 0.3 is 18.0 Å². The van der Waals surface area contributed by atoms with Crippen molar-refractivity contribution in [2.45, 2.75) is 44.9 Å². The second-order valence-electron chi connectivity index (χ2n) is 7.14. The van der Waals surface area contributed by atoms with Crippen LogP contribution in [0.25, 0.3) is 0 Å². The Morgan fingerprint density at radius 1 is 1.10 bits per heavy atom. The Bertz CT molecular complexity index is 753. The number of ether oxygens (including phenoxy) is 3. The van der Waals surface area contributed by atoms with Gasteiger partial charge in [-0.25, -0.2) is 9.59 Å². The van der Waals surface area contributed by atoms with E-state index in [4.69, 9.17) is 9.47 Å². The van der Waals surface area contributed by atoms with Gasteiger partial charge in [0, 0.05) is 6.54 Å². The number of esters is 2. The van der Waals surface area contributed by atoms with Gasteiger partial charge in [-0.3, -0.25) is 14.5 Å². The van der Waals surface area contributed by atoms with Crippen molar-refractivity contribution in [3.05, 3.63) is 35.9 Å². The standard InChI is InChI=1S/C21H28N2O7/c1-14(19(25)28-2)12-16(20(26)29-3)22-18(24)17-10-7-11-23(17)21(27)30-13-15-8-5-4-6-9-15/h4-6,8-9,14,16-17H,7,10-13H2,1-3H3,(H,22,24)/t14-,16-,17+/m0/s1. The van der Waals surface area contributed by atoms with Gasteiger partial charge in [-0.1, -0.05) is 37.3 Å². The van der Waals surface area contributed by atoms with Crippen molar-refractivity contribution in [2.24, 2.45) is 5.92 Å². The summed E-state index contributed by atoms with van der Waals surface area (Å²) in [5.74, 6) is -2.27. The molecule has 1 aromatic carbocycles. The summed E-state index contributed by atoms with van der Waals surface area (Å²) in [5, 5.41) is 2.61. The smallest absolute Gasteiger partial charge is 0.410 e. The molecule has 0 bridgehead atoms. The van der Waals surface area contributed by atoms with Crippen molar-refractivity contribution >= 4 is 23.9 Å². The molecule has 0 saturated carbocycles. The first-order chi connectivity index (χ1) is 14.4. The van der Waals surface area contributed by atoms with Crippen LogP contribution in [0.4, 0.5) is 4.79 Å². The molecule has 0 radical (unpaired) electrons. The maximum absolute atomic E-state index is 12.8. The highest BCUT2D eigenvalue weighted by Crippen LogP contribution is 2.20. The molecule has 1 aliphatic rings. The molecular weight excluding hydrogens is 392 g/mol. The first-order valence-electron chi connectivity index (χ1n) is 9.80. The number of benzene rings is 1. The second-order valence-corrected chi connectivity index (χ2v) is 7.14. The molecule has 164 valence electrons. The molecule has 1 N–H and O–H groups in total. The van der Waals surface area contributed by atoms with Gasteiger partial charge in [0.25, 0.3) is 0 Å². The monoisotopic (exact) mass is 420 g/mol. The van der Waals surface area contributed by atoms with Crippen molar-refractivity contribution < 1.29 is 33.4 Å². The number of nitrogens with one attached hydrogen (secondary N) is 1. The van der Waals surface area contributed by atoms with E-state index in [9.17, 15) is 19.2 Å². The molecule has 0 unspecified atom stereocenters. The zero-order chi connectivity index (χ0) is 22.1. The van der Waals surface area contributed by atoms with Gasteiger partial charge in [0.2, 0.25) is 5.91 Å². The van der Waals surface area contributed by atoms with E-state index in [0.717, 1.165) is 5.56 Å². The summed E-state index contributed by atoms with van der Waals surface area (Å²) < 4.78 is 14.7. The van der Waals surface area contributed by atoms with Crippen molar-refractivity contribution in [3.63, 3.8) is 0 Å². The first kappa shape index (κ1) is 23.2. The van der Waals surface area contributed by atoms with Crippen LogP contribution in [0.1, 0.15) is 31.7 Å². The molecule has 0 aliphatic carbocycles. The molecule has 0 spiro atoms. The molecule has 9 nitrogen and oxygen atoms in total. The molecule has 30 heavy (non-hydrogen) atoms. The highest BCUT2D eigenvalue weighted by atomic mass is 16.6. The first-order valence-corrected chi connectivity index (χ1v) is 9.80. The van der Waals surface area contributed by atoms with Crippen LogP contribution in [-0.4, -0.2) is 61.7 Å². The number of hydrogen-bond acceptors (Lipinski definition) is 7. The number of amides is 2. The third-order valence-electron chi connectivity index (χ3n) is 4.99. The summed E-state index contributed by atoms with van der Waals surface area (Å²) >= 11 is 0. The van der Waals surface area contributed by atoms with E-state index >= 15 is 0 Å². The van der Waals surface area contributed by atoms with Gasteiger partial charge in [0.1, 0.15) is 18.7 Å². The Labute approximate surface area is 175 Å². The largest absolute Gasteiger partial charge is 0.469 e. The van der Waals surface area contributed by atoms with Gasteiger partial charge in [0.05, 0.1) is 20.1 Å². The Morgan fingerprint density at radius 2 is 1.77 bits per heavy atom. The minimum absolute atomic E-state index is 0.0241. The van der Waals surface area contributed by atoms with E-state index in [-0.39, 0.29) is 13.0 Å². The van der Waals surface area contributed by atoms with Crippen molar-refractivity contribution in [1.29, 1.82) is 0 Å². The van der Waals surface area contributed by atoms with E-state index in [1.807, 2.05) is 30.3 Å². The molecule has 0 aromatic heterocycles. The van der Waals surface area contributed by atoms with Crippen molar-refractivity contribution in [3.8, 4) is 0 Å². The SMILES string of the molecule is COC(=O)[C@H](C[C@H](C)C(=O)OC)NC(=O)[C@H]1CCCN1C(=O)OCc1ccccc1. The maximum Gasteiger partial charge on any atom is 0.410 e. The summed E-state index contributed by atoms with van der Waals surface area (Å²) in [6.07, 6.45) is 0.525. The Balaban J connectivity index is 1.98. The van der Waals surface area contributed by atoms with E-state index < -0.39 is 41.9 Å². The third kappa shape index (κ3) is 6.20. The fourth-order valence-electron chi connectivity index (χ4n) is 3.34. The fourth-order valence-corrected chi connectivity index (χ4v) is 3.34. The lowest BCUT2D eigenvalue weighted by molar-refractivity contribution is -0.149. The van der Waals surface area contributed by atoms with Gasteiger partial charge in [-0.2, -0.15) is 0 Å². The van der Waals surface area contributed by atoms with Crippen molar-refractivity contribution in [1.82, 2.24) is 10.2 Å². The predicted molar refractivity (Wildman–Crippen MR) is 106 cm³/mol. The third-order valence-corrected chi connectivity index (χ3v) is 4.99. The van der Waals surface area contributed by atoms with Crippen LogP contribution in [0.3, 0.4) is 0 Å². The van der Waals surface area contributed by atoms with E-state index in [0.29, 0.717) is 19.4 Å². The van der Waals surface area contributed by atoms with Crippen molar-refractivity contribution in [2.75, 3.05) is 20.8 Å². The molecule has 2 rings (SSSR count). The molecule has 1 aliphatic heterocycles. The average molecular weight is 420 g/mol. The highest BCUT2D eigenvalue weighted by molar-refractivity contribution is 5.90. The normalized spacial score (nSPS) is 17.6. The fraction of sp³-hybridized carbons (Fsp3) is 0.524. The molecule has 1 heterocycles. The van der Waals surface area contributed by atoms with Crippen LogP contribution in [0.5, 0.6) is 0 Å². The molecular formula is C21H28N2O7. The minimum atomic E-state index is -1.03. The van der Waals surface area contributed by atoms with Crippen LogP contribution in [-0.2, 0) is 35.2 Å². The highest BCUT2D eigenvalue weighted by Gasteiger charge is 2.37. The number of hydrogen-bond donors (Lipinski definition) is 1. The number of nitrogens with zero attached hydrogens (tertiary/aromatic N) is 1. The summed E-state index contributed by atoms with van der Waals surface area (Å²) in [6.45, 7) is 2.08. The summed E-state index contributed by atoms with van der Waals surface area (Å²) in [7, 11) is 2.45. The van der Waals surface area contributed by atoms with E-state index in [2.05, 4.69) is 10.1 Å².